The highest BCUT2D eigenvalue weighted by Crippen LogP contribution is 2.41. The van der Waals surface area contributed by atoms with Gasteiger partial charge in [0.15, 0.2) is 0 Å². The third-order valence-corrected chi connectivity index (χ3v) is 6.70. The highest BCUT2D eigenvalue weighted by atomic mass is 31.1. The molecule has 0 saturated carbocycles. The Morgan fingerprint density at radius 1 is 0.560 bits per heavy atom. The standard InChI is InChI=1S/C22H17O2P/c23-20-15-21(22(24)19-14-8-7-13-18(19)20)25(16-9-3-1-4-10-16)17-11-5-2-6-12-17/h1-15,23-24H. The zero-order valence-corrected chi connectivity index (χ0v) is 14.4. The summed E-state index contributed by atoms with van der Waals surface area (Å²) in [5.41, 5.74) is 0. The number of phenols is 2. The van der Waals surface area contributed by atoms with Gasteiger partial charge in [0.2, 0.25) is 0 Å². The molecule has 0 atom stereocenters. The molecule has 0 bridgehead atoms. The van der Waals surface area contributed by atoms with Crippen LogP contribution in [0.2, 0.25) is 0 Å². The Morgan fingerprint density at radius 2 is 1.04 bits per heavy atom. The fraction of sp³-hybridized carbons (Fsp3) is 0. The van der Waals surface area contributed by atoms with Gasteiger partial charge in [-0.2, -0.15) is 0 Å². The number of hydrogen-bond acceptors (Lipinski definition) is 2. The number of benzene rings is 4. The largest absolute Gasteiger partial charge is 0.507 e. The molecule has 0 saturated heterocycles. The van der Waals surface area contributed by atoms with Crippen LogP contribution in [0.3, 0.4) is 0 Å². The van der Waals surface area contributed by atoms with E-state index in [0.29, 0.717) is 10.8 Å². The molecular weight excluding hydrogens is 327 g/mol. The summed E-state index contributed by atoms with van der Waals surface area (Å²) in [4.78, 5) is 0. The maximum Gasteiger partial charge on any atom is 0.131 e. The topological polar surface area (TPSA) is 40.5 Å². The summed E-state index contributed by atoms with van der Waals surface area (Å²) >= 11 is 0. The summed E-state index contributed by atoms with van der Waals surface area (Å²) < 4.78 is 0. The second-order valence-electron chi connectivity index (χ2n) is 5.82. The van der Waals surface area contributed by atoms with Crippen molar-refractivity contribution >= 4 is 34.6 Å². The Labute approximate surface area is 147 Å². The van der Waals surface area contributed by atoms with E-state index in [1.807, 2.05) is 60.7 Å². The first-order chi connectivity index (χ1) is 12.3. The van der Waals surface area contributed by atoms with Gasteiger partial charge in [0.05, 0.1) is 0 Å². The molecule has 25 heavy (non-hydrogen) atoms. The quantitative estimate of drug-likeness (QED) is 0.435. The molecule has 2 nitrogen and oxygen atoms in total. The van der Waals surface area contributed by atoms with E-state index in [1.54, 1.807) is 6.07 Å². The van der Waals surface area contributed by atoms with Gasteiger partial charge in [0.1, 0.15) is 11.5 Å². The molecule has 0 aliphatic heterocycles. The second-order valence-corrected chi connectivity index (χ2v) is 8.00. The van der Waals surface area contributed by atoms with Gasteiger partial charge in [0, 0.05) is 16.1 Å². The van der Waals surface area contributed by atoms with Gasteiger partial charge in [-0.3, -0.25) is 0 Å². The lowest BCUT2D eigenvalue weighted by Gasteiger charge is -2.21. The summed E-state index contributed by atoms with van der Waals surface area (Å²) in [6.45, 7) is 0. The molecule has 3 heteroatoms. The SMILES string of the molecule is Oc1cc(P(c2ccccc2)c2ccccc2)c(O)c2ccccc12. The Morgan fingerprint density at radius 3 is 1.60 bits per heavy atom. The van der Waals surface area contributed by atoms with Crippen LogP contribution in [0.5, 0.6) is 11.5 Å². The van der Waals surface area contributed by atoms with Crippen LogP contribution in [0.25, 0.3) is 10.8 Å². The van der Waals surface area contributed by atoms with Crippen molar-refractivity contribution in [3.8, 4) is 11.5 Å². The predicted molar refractivity (Wildman–Crippen MR) is 106 cm³/mol. The molecule has 0 unspecified atom stereocenters. The van der Waals surface area contributed by atoms with E-state index in [0.717, 1.165) is 15.9 Å². The average molecular weight is 344 g/mol. The van der Waals surface area contributed by atoms with E-state index in [1.165, 1.54) is 0 Å². The van der Waals surface area contributed by atoms with Crippen LogP contribution < -0.4 is 15.9 Å². The minimum Gasteiger partial charge on any atom is -0.507 e. The molecular formula is C22H17O2P. The Balaban J connectivity index is 2.01. The van der Waals surface area contributed by atoms with Gasteiger partial charge in [-0.15, -0.1) is 0 Å². The van der Waals surface area contributed by atoms with Crippen LogP contribution >= 0.6 is 7.92 Å². The number of aromatic hydroxyl groups is 2. The van der Waals surface area contributed by atoms with Crippen LogP contribution in [0.4, 0.5) is 0 Å². The summed E-state index contributed by atoms with van der Waals surface area (Å²) in [6.07, 6.45) is 0. The van der Waals surface area contributed by atoms with E-state index in [-0.39, 0.29) is 11.5 Å². The second kappa shape index (κ2) is 6.58. The lowest BCUT2D eigenvalue weighted by Crippen LogP contribution is -2.20. The first-order valence-corrected chi connectivity index (χ1v) is 9.44. The summed E-state index contributed by atoms with van der Waals surface area (Å²) in [5, 5.41) is 25.9. The van der Waals surface area contributed by atoms with E-state index >= 15 is 0 Å². The van der Waals surface area contributed by atoms with Crippen LogP contribution in [0.15, 0.2) is 91.0 Å². The summed E-state index contributed by atoms with van der Waals surface area (Å²) in [6, 6.07) is 29.4. The van der Waals surface area contributed by atoms with Crippen LogP contribution in [0, 0.1) is 0 Å². The molecule has 4 aromatic rings. The lowest BCUT2D eigenvalue weighted by atomic mass is 10.1. The number of rotatable bonds is 3. The normalized spacial score (nSPS) is 11.1. The maximum absolute atomic E-state index is 11.0. The fourth-order valence-corrected chi connectivity index (χ4v) is 5.46. The number of hydrogen-bond donors (Lipinski definition) is 2. The molecule has 0 radical (unpaired) electrons. The Kier molecular flexibility index (Phi) is 4.13. The molecule has 2 N–H and O–H groups in total. The highest BCUT2D eigenvalue weighted by molar-refractivity contribution is 7.80. The van der Waals surface area contributed by atoms with Crippen LogP contribution in [0.1, 0.15) is 0 Å². The molecule has 0 aromatic heterocycles. The Hall–Kier alpha value is -2.83. The first kappa shape index (κ1) is 15.7. The van der Waals surface area contributed by atoms with Gasteiger partial charge in [-0.25, -0.2) is 0 Å². The molecule has 0 spiro atoms. The van der Waals surface area contributed by atoms with Gasteiger partial charge < -0.3 is 10.2 Å². The molecule has 0 fully saturated rings. The molecule has 4 rings (SSSR count). The third kappa shape index (κ3) is 2.86. The van der Waals surface area contributed by atoms with Crippen LogP contribution in [-0.4, -0.2) is 10.2 Å². The molecule has 0 aliphatic rings. The maximum atomic E-state index is 11.0. The molecule has 0 amide bonds. The van der Waals surface area contributed by atoms with Crippen molar-refractivity contribution < 1.29 is 10.2 Å². The van der Waals surface area contributed by atoms with Crippen molar-refractivity contribution in [2.75, 3.05) is 0 Å². The van der Waals surface area contributed by atoms with E-state index < -0.39 is 7.92 Å². The van der Waals surface area contributed by atoms with Gasteiger partial charge in [0.25, 0.3) is 0 Å². The number of fused-ring (bicyclic) bond motifs is 1. The Bertz CT molecular complexity index is 975. The predicted octanol–water partition coefficient (Wildman–Crippen LogP) is 4.01. The number of phenolic OH excluding ortho intramolecular Hbond substituents is 2. The van der Waals surface area contributed by atoms with Crippen molar-refractivity contribution in [3.05, 3.63) is 91.0 Å². The average Bonchev–Trinajstić information content (AvgIpc) is 2.68. The zero-order chi connectivity index (χ0) is 17.2. The van der Waals surface area contributed by atoms with Gasteiger partial charge in [-0.05, 0) is 24.6 Å². The third-order valence-electron chi connectivity index (χ3n) is 4.24. The smallest absolute Gasteiger partial charge is 0.131 e. The van der Waals surface area contributed by atoms with Crippen molar-refractivity contribution in [1.82, 2.24) is 0 Å². The summed E-state index contributed by atoms with van der Waals surface area (Å²) in [5.74, 6) is 0.440. The lowest BCUT2D eigenvalue weighted by molar-refractivity contribution is 0.473. The van der Waals surface area contributed by atoms with Gasteiger partial charge in [-0.1, -0.05) is 84.9 Å². The van der Waals surface area contributed by atoms with Crippen molar-refractivity contribution in [2.45, 2.75) is 0 Å². The summed E-state index contributed by atoms with van der Waals surface area (Å²) in [7, 11) is -0.966. The minimum absolute atomic E-state index is 0.197. The van der Waals surface area contributed by atoms with Crippen molar-refractivity contribution in [1.29, 1.82) is 0 Å². The van der Waals surface area contributed by atoms with E-state index in [9.17, 15) is 10.2 Å². The first-order valence-electron chi connectivity index (χ1n) is 8.09. The molecule has 4 aromatic carbocycles. The molecule has 122 valence electrons. The van der Waals surface area contributed by atoms with Gasteiger partial charge >= 0.3 is 0 Å². The fourth-order valence-electron chi connectivity index (χ4n) is 3.08. The monoisotopic (exact) mass is 344 g/mol. The van der Waals surface area contributed by atoms with E-state index in [4.69, 9.17) is 0 Å². The minimum atomic E-state index is -0.966. The zero-order valence-electron chi connectivity index (χ0n) is 13.5. The molecule has 0 aliphatic carbocycles. The van der Waals surface area contributed by atoms with E-state index in [2.05, 4.69) is 24.3 Å². The molecule has 0 heterocycles. The van der Waals surface area contributed by atoms with Crippen LogP contribution in [-0.2, 0) is 0 Å². The van der Waals surface area contributed by atoms with Crippen molar-refractivity contribution in [2.24, 2.45) is 0 Å². The van der Waals surface area contributed by atoms with Crippen molar-refractivity contribution in [3.63, 3.8) is 0 Å². The highest BCUT2D eigenvalue weighted by Gasteiger charge is 2.22.